The Morgan fingerprint density at radius 1 is 1.21 bits per heavy atom. The Morgan fingerprint density at radius 2 is 1.96 bits per heavy atom. The van der Waals surface area contributed by atoms with Crippen LogP contribution in [0.25, 0.3) is 10.9 Å². The molecule has 1 aromatic heterocycles. The Labute approximate surface area is 163 Å². The van der Waals surface area contributed by atoms with E-state index in [1.165, 1.54) is 18.0 Å². The first kappa shape index (κ1) is 18.5. The molecular weight excluding hydrogens is 357 g/mol. The van der Waals surface area contributed by atoms with Gasteiger partial charge in [0.25, 0.3) is 0 Å². The molecule has 5 nitrogen and oxygen atoms in total. The Morgan fingerprint density at radius 3 is 2.68 bits per heavy atom. The Bertz CT molecular complexity index is 1030. The molecule has 2 atom stereocenters. The summed E-state index contributed by atoms with van der Waals surface area (Å²) < 4.78 is 20.0. The number of halogens is 1. The minimum Gasteiger partial charge on any atom is -0.494 e. The van der Waals surface area contributed by atoms with Gasteiger partial charge in [-0.05, 0) is 56.7 Å². The van der Waals surface area contributed by atoms with Crippen LogP contribution >= 0.6 is 0 Å². The number of aliphatic imine (C=N–C) groups is 1. The highest BCUT2D eigenvalue weighted by atomic mass is 19.1. The molecule has 3 aromatic rings. The Hall–Kier alpha value is -2.86. The van der Waals surface area contributed by atoms with Gasteiger partial charge in [0.2, 0.25) is 0 Å². The topological polar surface area (TPSA) is 60.9 Å². The molecule has 2 N–H and O–H groups in total. The fraction of sp³-hybridized carbons (Fsp3) is 0.318. The summed E-state index contributed by atoms with van der Waals surface area (Å²) in [4.78, 5) is 9.58. The number of aromatic hydroxyl groups is 1. The number of aromatic amines is 1. The molecule has 2 unspecified atom stereocenters. The van der Waals surface area contributed by atoms with E-state index in [4.69, 9.17) is 4.74 Å². The number of fused-ring (bicyclic) bond motifs is 1. The number of nitrogens with zero attached hydrogens (tertiary/aromatic N) is 2. The van der Waals surface area contributed by atoms with Gasteiger partial charge in [0.1, 0.15) is 5.82 Å². The van der Waals surface area contributed by atoms with Crippen LogP contribution in [0.5, 0.6) is 5.88 Å². The van der Waals surface area contributed by atoms with Gasteiger partial charge in [-0.3, -0.25) is 4.99 Å². The molecule has 1 aliphatic rings. The third-order valence-electron chi connectivity index (χ3n) is 5.07. The summed E-state index contributed by atoms with van der Waals surface area (Å²) in [5.74, 6) is -0.480. The summed E-state index contributed by atoms with van der Waals surface area (Å²) in [7, 11) is 0. The molecule has 1 fully saturated rings. The highest BCUT2D eigenvalue weighted by Gasteiger charge is 2.23. The van der Waals surface area contributed by atoms with E-state index in [2.05, 4.69) is 41.7 Å². The first-order chi connectivity index (χ1) is 13.4. The number of ether oxygens (including phenoxy) is 1. The highest BCUT2D eigenvalue weighted by molar-refractivity contribution is 6.02. The van der Waals surface area contributed by atoms with Gasteiger partial charge < -0.3 is 19.7 Å². The second-order valence-corrected chi connectivity index (χ2v) is 7.44. The molecule has 0 aliphatic carbocycles. The van der Waals surface area contributed by atoms with Gasteiger partial charge >= 0.3 is 0 Å². The zero-order chi connectivity index (χ0) is 19.8. The monoisotopic (exact) mass is 381 g/mol. The first-order valence-electron chi connectivity index (χ1n) is 9.46. The zero-order valence-corrected chi connectivity index (χ0v) is 16.2. The number of anilines is 1. The standard InChI is InChI=1S/C22H24FN3O2/c1-13-9-16(7-8-20(13)26-11-14(2)28-15(3)12-26)24-10-17-21-18(23)5-4-6-19(21)25-22(17)27/h4-10,14-15,25,27H,11-12H2,1-3H3. The SMILES string of the molecule is Cc1cc(N=Cc2c(O)[nH]c3cccc(F)c23)ccc1N1CC(C)OC(C)C1. The lowest BCUT2D eigenvalue weighted by Gasteiger charge is -2.37. The maximum Gasteiger partial charge on any atom is 0.198 e. The van der Waals surface area contributed by atoms with Crippen LogP contribution in [0.3, 0.4) is 0 Å². The average molecular weight is 381 g/mol. The predicted molar refractivity (Wildman–Crippen MR) is 111 cm³/mol. The molecule has 0 amide bonds. The molecule has 1 saturated heterocycles. The number of hydrogen-bond acceptors (Lipinski definition) is 4. The molecule has 2 aromatic carbocycles. The smallest absolute Gasteiger partial charge is 0.198 e. The molecule has 28 heavy (non-hydrogen) atoms. The van der Waals surface area contributed by atoms with E-state index >= 15 is 0 Å². The normalized spacial score (nSPS) is 20.4. The minimum absolute atomic E-state index is 0.0894. The lowest BCUT2D eigenvalue weighted by Crippen LogP contribution is -2.45. The lowest BCUT2D eigenvalue weighted by atomic mass is 10.1. The van der Waals surface area contributed by atoms with Crippen molar-refractivity contribution in [3.8, 4) is 5.88 Å². The van der Waals surface area contributed by atoms with Crippen LogP contribution in [-0.4, -0.2) is 41.6 Å². The van der Waals surface area contributed by atoms with Gasteiger partial charge in [-0.1, -0.05) is 6.07 Å². The molecule has 4 rings (SSSR count). The summed E-state index contributed by atoms with van der Waals surface area (Å²) in [5, 5.41) is 10.5. The number of nitrogens with one attached hydrogen (secondary N) is 1. The number of aryl methyl sites for hydroxylation is 1. The summed E-state index contributed by atoms with van der Waals surface area (Å²) in [6.45, 7) is 7.95. The number of H-pyrrole nitrogens is 1. The van der Waals surface area contributed by atoms with Crippen LogP contribution in [0.1, 0.15) is 25.0 Å². The van der Waals surface area contributed by atoms with Crippen molar-refractivity contribution in [3.63, 3.8) is 0 Å². The number of rotatable bonds is 3. The highest BCUT2D eigenvalue weighted by Crippen LogP contribution is 2.30. The molecule has 0 saturated carbocycles. The maximum atomic E-state index is 14.2. The molecule has 0 spiro atoms. The van der Waals surface area contributed by atoms with Crippen molar-refractivity contribution in [1.82, 2.24) is 4.98 Å². The van der Waals surface area contributed by atoms with Gasteiger partial charge in [0.05, 0.1) is 29.0 Å². The molecule has 0 radical (unpaired) electrons. The fourth-order valence-corrected chi connectivity index (χ4v) is 3.93. The average Bonchev–Trinajstić information content (AvgIpc) is 2.95. The number of hydrogen-bond donors (Lipinski definition) is 2. The van der Waals surface area contributed by atoms with E-state index < -0.39 is 5.82 Å². The second-order valence-electron chi connectivity index (χ2n) is 7.44. The largest absolute Gasteiger partial charge is 0.494 e. The second kappa shape index (κ2) is 7.28. The van der Waals surface area contributed by atoms with Gasteiger partial charge in [-0.2, -0.15) is 0 Å². The summed E-state index contributed by atoms with van der Waals surface area (Å²) in [5.41, 5.74) is 3.93. The van der Waals surface area contributed by atoms with E-state index in [9.17, 15) is 9.50 Å². The summed E-state index contributed by atoms with van der Waals surface area (Å²) in [6.07, 6.45) is 1.89. The van der Waals surface area contributed by atoms with Gasteiger partial charge in [0, 0.05) is 30.4 Å². The third kappa shape index (κ3) is 3.47. The Kier molecular flexibility index (Phi) is 4.81. The van der Waals surface area contributed by atoms with Gasteiger partial charge in [-0.25, -0.2) is 4.39 Å². The number of benzene rings is 2. The fourth-order valence-electron chi connectivity index (χ4n) is 3.93. The van der Waals surface area contributed by atoms with Crippen molar-refractivity contribution in [3.05, 3.63) is 53.3 Å². The molecule has 146 valence electrons. The molecular formula is C22H24FN3O2. The van der Waals surface area contributed by atoms with Gasteiger partial charge in [-0.15, -0.1) is 0 Å². The van der Waals surface area contributed by atoms with Crippen molar-refractivity contribution in [2.45, 2.75) is 33.0 Å². The first-order valence-corrected chi connectivity index (χ1v) is 9.46. The molecule has 6 heteroatoms. The van der Waals surface area contributed by atoms with Crippen LogP contribution in [-0.2, 0) is 4.74 Å². The molecule has 2 heterocycles. The predicted octanol–water partition coefficient (Wildman–Crippen LogP) is 4.69. The zero-order valence-electron chi connectivity index (χ0n) is 16.2. The van der Waals surface area contributed by atoms with Crippen molar-refractivity contribution in [2.24, 2.45) is 4.99 Å². The third-order valence-corrected chi connectivity index (χ3v) is 5.07. The van der Waals surface area contributed by atoms with Crippen LogP contribution < -0.4 is 4.90 Å². The number of aromatic nitrogens is 1. The summed E-state index contributed by atoms with van der Waals surface area (Å²) >= 11 is 0. The van der Waals surface area contributed by atoms with E-state index in [0.29, 0.717) is 16.5 Å². The van der Waals surface area contributed by atoms with Gasteiger partial charge in [0.15, 0.2) is 5.88 Å². The van der Waals surface area contributed by atoms with Crippen molar-refractivity contribution in [1.29, 1.82) is 0 Å². The van der Waals surface area contributed by atoms with E-state index in [0.717, 1.165) is 24.3 Å². The number of morpholine rings is 1. The van der Waals surface area contributed by atoms with E-state index in [1.807, 2.05) is 12.1 Å². The molecule has 0 bridgehead atoms. The van der Waals surface area contributed by atoms with Crippen molar-refractivity contribution < 1.29 is 14.2 Å². The van der Waals surface area contributed by atoms with Crippen LogP contribution in [0.2, 0.25) is 0 Å². The quantitative estimate of drug-likeness (QED) is 0.647. The maximum absolute atomic E-state index is 14.2. The van der Waals surface area contributed by atoms with E-state index in [-0.39, 0.29) is 18.1 Å². The van der Waals surface area contributed by atoms with Crippen LogP contribution in [0.15, 0.2) is 41.4 Å². The van der Waals surface area contributed by atoms with Crippen molar-refractivity contribution in [2.75, 3.05) is 18.0 Å². The summed E-state index contributed by atoms with van der Waals surface area (Å²) in [6, 6.07) is 10.7. The van der Waals surface area contributed by atoms with Crippen LogP contribution in [0, 0.1) is 12.7 Å². The van der Waals surface area contributed by atoms with Crippen molar-refractivity contribution >= 4 is 28.5 Å². The van der Waals surface area contributed by atoms with Crippen LogP contribution in [0.4, 0.5) is 15.8 Å². The minimum atomic E-state index is -0.391. The lowest BCUT2D eigenvalue weighted by molar-refractivity contribution is -0.00524. The molecule has 1 aliphatic heterocycles. The van der Waals surface area contributed by atoms with E-state index in [1.54, 1.807) is 12.1 Å². The Balaban J connectivity index is 1.62.